The van der Waals surface area contributed by atoms with E-state index >= 15 is 0 Å². The third-order valence-electron chi connectivity index (χ3n) is 5.03. The Bertz CT molecular complexity index is 879. The van der Waals surface area contributed by atoms with Crippen molar-refractivity contribution in [1.29, 1.82) is 0 Å². The summed E-state index contributed by atoms with van der Waals surface area (Å²) in [6.07, 6.45) is 1.42. The molecule has 0 radical (unpaired) electrons. The number of fused-ring (bicyclic) bond motifs is 1. The number of hydrogen-bond acceptors (Lipinski definition) is 5. The van der Waals surface area contributed by atoms with E-state index in [-0.39, 0.29) is 18.6 Å². The van der Waals surface area contributed by atoms with Gasteiger partial charge in [0.1, 0.15) is 0 Å². The van der Waals surface area contributed by atoms with Gasteiger partial charge in [-0.2, -0.15) is 11.8 Å². The summed E-state index contributed by atoms with van der Waals surface area (Å²) >= 11 is 1.89. The molecule has 2 aliphatic heterocycles. The van der Waals surface area contributed by atoms with Crippen molar-refractivity contribution in [3.05, 3.63) is 53.6 Å². The number of amides is 2. The molecule has 0 saturated carbocycles. The Morgan fingerprint density at radius 2 is 1.69 bits per heavy atom. The van der Waals surface area contributed by atoms with Crippen LogP contribution in [-0.2, 0) is 22.4 Å². The number of carbonyl (C=O) groups is 2. The summed E-state index contributed by atoms with van der Waals surface area (Å²) in [4.78, 5) is 26.5. The lowest BCUT2D eigenvalue weighted by Gasteiger charge is -2.26. The van der Waals surface area contributed by atoms with Crippen molar-refractivity contribution >= 4 is 29.3 Å². The number of thioether (sulfide) groups is 1. The summed E-state index contributed by atoms with van der Waals surface area (Å²) in [6.45, 7) is 1.92. The van der Waals surface area contributed by atoms with Crippen molar-refractivity contribution in [2.75, 3.05) is 36.7 Å². The largest absolute Gasteiger partial charge is 0.454 e. The molecule has 2 amide bonds. The minimum absolute atomic E-state index is 0.0442. The first-order valence-electron chi connectivity index (χ1n) is 9.80. The molecule has 4 rings (SSSR count). The average molecular weight is 413 g/mol. The van der Waals surface area contributed by atoms with Crippen LogP contribution in [0.3, 0.4) is 0 Å². The number of nitrogens with zero attached hydrogens (tertiary/aromatic N) is 1. The van der Waals surface area contributed by atoms with Gasteiger partial charge in [-0.3, -0.25) is 9.59 Å². The van der Waals surface area contributed by atoms with Crippen LogP contribution in [0.1, 0.15) is 17.5 Å². The van der Waals surface area contributed by atoms with Gasteiger partial charge in [0, 0.05) is 36.7 Å². The van der Waals surface area contributed by atoms with Crippen molar-refractivity contribution in [3.63, 3.8) is 0 Å². The molecule has 0 aromatic heterocycles. The summed E-state index contributed by atoms with van der Waals surface area (Å²) in [5, 5.41) is 2.92. The van der Waals surface area contributed by atoms with Crippen LogP contribution < -0.4 is 14.8 Å². The quantitative estimate of drug-likeness (QED) is 0.790. The maximum absolute atomic E-state index is 12.4. The Morgan fingerprint density at radius 3 is 2.48 bits per heavy atom. The van der Waals surface area contributed by atoms with Gasteiger partial charge in [-0.1, -0.05) is 18.2 Å². The van der Waals surface area contributed by atoms with Gasteiger partial charge >= 0.3 is 0 Å². The van der Waals surface area contributed by atoms with Gasteiger partial charge in [0.2, 0.25) is 18.6 Å². The minimum Gasteiger partial charge on any atom is -0.454 e. The number of anilines is 1. The zero-order valence-corrected chi connectivity index (χ0v) is 17.0. The molecule has 7 heteroatoms. The molecule has 152 valence electrons. The summed E-state index contributed by atoms with van der Waals surface area (Å²) in [5.74, 6) is 3.64. The second-order valence-corrected chi connectivity index (χ2v) is 8.33. The van der Waals surface area contributed by atoms with Crippen LogP contribution in [0.5, 0.6) is 11.5 Å². The van der Waals surface area contributed by atoms with E-state index in [9.17, 15) is 9.59 Å². The average Bonchev–Trinajstić information content (AvgIpc) is 3.22. The van der Waals surface area contributed by atoms with E-state index < -0.39 is 0 Å². The number of ether oxygens (including phenoxy) is 2. The van der Waals surface area contributed by atoms with Crippen LogP contribution in [0.2, 0.25) is 0 Å². The van der Waals surface area contributed by atoms with Crippen molar-refractivity contribution in [1.82, 2.24) is 4.90 Å². The fourth-order valence-corrected chi connectivity index (χ4v) is 4.29. The standard InChI is InChI=1S/C22H24N2O4S/c25-21(8-4-16-3-7-19-20(13-16)28-15-27-19)23-18-5-1-17(2-6-18)14-22(26)24-9-11-29-12-10-24/h1-3,5-7,13H,4,8-12,14-15H2,(H,23,25). The molecule has 2 aliphatic rings. The molecule has 0 aliphatic carbocycles. The SMILES string of the molecule is O=C(CCc1ccc2c(c1)OCO2)Nc1ccc(CC(=O)N2CCSCC2)cc1. The topological polar surface area (TPSA) is 67.9 Å². The summed E-state index contributed by atoms with van der Waals surface area (Å²) < 4.78 is 10.7. The fourth-order valence-electron chi connectivity index (χ4n) is 3.38. The van der Waals surface area contributed by atoms with Crippen LogP contribution in [0.25, 0.3) is 0 Å². The smallest absolute Gasteiger partial charge is 0.231 e. The highest BCUT2D eigenvalue weighted by atomic mass is 32.2. The second kappa shape index (κ2) is 9.22. The molecule has 0 bridgehead atoms. The van der Waals surface area contributed by atoms with Crippen molar-refractivity contribution in [3.8, 4) is 11.5 Å². The van der Waals surface area contributed by atoms with E-state index in [1.807, 2.05) is 59.1 Å². The molecule has 0 unspecified atom stereocenters. The summed E-state index contributed by atoms with van der Waals surface area (Å²) in [6, 6.07) is 13.3. The van der Waals surface area contributed by atoms with E-state index in [0.717, 1.165) is 52.9 Å². The molecule has 1 N–H and O–H groups in total. The highest BCUT2D eigenvalue weighted by Gasteiger charge is 2.17. The molecule has 0 spiro atoms. The van der Waals surface area contributed by atoms with Crippen molar-refractivity contribution in [2.24, 2.45) is 0 Å². The molecule has 6 nitrogen and oxygen atoms in total. The first-order valence-corrected chi connectivity index (χ1v) is 11.0. The van der Waals surface area contributed by atoms with Crippen LogP contribution >= 0.6 is 11.8 Å². The molecule has 2 aromatic carbocycles. The normalized spacial score (nSPS) is 15.2. The minimum atomic E-state index is -0.0442. The number of hydrogen-bond donors (Lipinski definition) is 1. The van der Waals surface area contributed by atoms with E-state index in [1.165, 1.54) is 0 Å². The lowest BCUT2D eigenvalue weighted by Crippen LogP contribution is -2.38. The molecule has 2 aromatic rings. The number of aryl methyl sites for hydroxylation is 1. The predicted octanol–water partition coefficient (Wildman–Crippen LogP) is 3.10. The Kier molecular flexibility index (Phi) is 6.24. The lowest BCUT2D eigenvalue weighted by atomic mass is 10.1. The maximum Gasteiger partial charge on any atom is 0.231 e. The first kappa shape index (κ1) is 19.6. The van der Waals surface area contributed by atoms with Crippen LogP contribution in [0, 0.1) is 0 Å². The highest BCUT2D eigenvalue weighted by molar-refractivity contribution is 7.99. The Balaban J connectivity index is 1.24. The lowest BCUT2D eigenvalue weighted by molar-refractivity contribution is -0.130. The van der Waals surface area contributed by atoms with E-state index in [1.54, 1.807) is 0 Å². The molecule has 1 saturated heterocycles. The second-order valence-electron chi connectivity index (χ2n) is 7.10. The Labute approximate surface area is 174 Å². The van der Waals surface area contributed by atoms with Gasteiger partial charge in [-0.15, -0.1) is 0 Å². The molecule has 0 atom stereocenters. The van der Waals surface area contributed by atoms with Crippen LogP contribution in [0.4, 0.5) is 5.69 Å². The predicted molar refractivity (Wildman–Crippen MR) is 114 cm³/mol. The van der Waals surface area contributed by atoms with Crippen LogP contribution in [0.15, 0.2) is 42.5 Å². The third-order valence-corrected chi connectivity index (χ3v) is 5.98. The van der Waals surface area contributed by atoms with Gasteiger partial charge in [0.25, 0.3) is 0 Å². The number of rotatable bonds is 6. The first-order chi connectivity index (χ1) is 14.2. The van der Waals surface area contributed by atoms with E-state index in [4.69, 9.17) is 9.47 Å². The Morgan fingerprint density at radius 1 is 0.966 bits per heavy atom. The fraction of sp³-hybridized carbons (Fsp3) is 0.364. The Hall–Kier alpha value is -2.67. The monoisotopic (exact) mass is 412 g/mol. The van der Waals surface area contributed by atoms with Crippen molar-refractivity contribution in [2.45, 2.75) is 19.3 Å². The van der Waals surface area contributed by atoms with Gasteiger partial charge < -0.3 is 19.7 Å². The zero-order chi connectivity index (χ0) is 20.1. The van der Waals surface area contributed by atoms with E-state index in [2.05, 4.69) is 5.32 Å². The molecule has 2 heterocycles. The van der Waals surface area contributed by atoms with Crippen LogP contribution in [-0.4, -0.2) is 48.1 Å². The van der Waals surface area contributed by atoms with Gasteiger partial charge in [-0.05, 0) is 41.8 Å². The zero-order valence-electron chi connectivity index (χ0n) is 16.2. The number of carbonyl (C=O) groups excluding carboxylic acids is 2. The van der Waals surface area contributed by atoms with Gasteiger partial charge in [-0.25, -0.2) is 0 Å². The molecule has 29 heavy (non-hydrogen) atoms. The molecule has 1 fully saturated rings. The van der Waals surface area contributed by atoms with Crippen molar-refractivity contribution < 1.29 is 19.1 Å². The maximum atomic E-state index is 12.4. The van der Waals surface area contributed by atoms with E-state index in [0.29, 0.717) is 19.3 Å². The number of nitrogens with one attached hydrogen (secondary N) is 1. The molecular weight excluding hydrogens is 388 g/mol. The van der Waals surface area contributed by atoms with Gasteiger partial charge in [0.05, 0.1) is 6.42 Å². The summed E-state index contributed by atoms with van der Waals surface area (Å²) in [7, 11) is 0. The highest BCUT2D eigenvalue weighted by Crippen LogP contribution is 2.32. The van der Waals surface area contributed by atoms with Gasteiger partial charge in [0.15, 0.2) is 11.5 Å². The summed E-state index contributed by atoms with van der Waals surface area (Å²) in [5.41, 5.74) is 2.74. The number of benzene rings is 2. The third kappa shape index (κ3) is 5.23. The molecular formula is C22H24N2O4S.